The number of benzene rings is 1. The van der Waals surface area contributed by atoms with Crippen LogP contribution in [0.4, 0.5) is 5.69 Å². The molecule has 0 radical (unpaired) electrons. The third-order valence-corrected chi connectivity index (χ3v) is 3.76. The van der Waals surface area contributed by atoms with Crippen molar-refractivity contribution in [2.45, 2.75) is 31.7 Å². The lowest BCUT2D eigenvalue weighted by molar-refractivity contribution is -0.122. The normalized spacial score (nSPS) is 15.7. The van der Waals surface area contributed by atoms with Crippen LogP contribution < -0.4 is 11.1 Å². The number of nitrogens with zero attached hydrogens (tertiary/aromatic N) is 1. The molecule has 0 unspecified atom stereocenters. The Balaban J connectivity index is 0.00000200. The van der Waals surface area contributed by atoms with Crippen LogP contribution in [0.1, 0.15) is 24.8 Å². The highest BCUT2D eigenvalue weighted by Crippen LogP contribution is 2.13. The summed E-state index contributed by atoms with van der Waals surface area (Å²) < 4.78 is 0. The van der Waals surface area contributed by atoms with Gasteiger partial charge in [0.2, 0.25) is 5.91 Å². The monoisotopic (exact) mass is 333 g/mol. The van der Waals surface area contributed by atoms with E-state index in [1.165, 1.54) is 0 Å². The van der Waals surface area contributed by atoms with Crippen molar-refractivity contribution in [3.05, 3.63) is 29.8 Å². The summed E-state index contributed by atoms with van der Waals surface area (Å²) in [6.07, 6.45) is 3.33. The van der Waals surface area contributed by atoms with Gasteiger partial charge in [0.15, 0.2) is 0 Å². The van der Waals surface area contributed by atoms with Gasteiger partial charge in [-0.05, 0) is 51.0 Å². The van der Waals surface area contributed by atoms with Gasteiger partial charge in [0.25, 0.3) is 0 Å². The minimum atomic E-state index is 0. The average Bonchev–Trinajstić information content (AvgIpc) is 2.40. The lowest BCUT2D eigenvalue weighted by Crippen LogP contribution is -2.43. The van der Waals surface area contributed by atoms with Crippen LogP contribution in [-0.4, -0.2) is 37.0 Å². The summed E-state index contributed by atoms with van der Waals surface area (Å²) in [5, 5.41) is 3.12. The van der Waals surface area contributed by atoms with Gasteiger partial charge in [0, 0.05) is 18.2 Å². The topological polar surface area (TPSA) is 58.4 Å². The molecule has 0 spiro atoms. The summed E-state index contributed by atoms with van der Waals surface area (Å²) in [6, 6.07) is 8.08. The smallest absolute Gasteiger partial charge is 0.220 e. The Labute approximate surface area is 139 Å². The second-order valence-electron chi connectivity index (χ2n) is 5.34. The zero-order valence-corrected chi connectivity index (χ0v) is 14.0. The standard InChI is InChI=1S/C15H23N3O.2ClH/c1-18-10-8-13(9-11-18)17-15(19)7-6-12-4-2-3-5-14(12)16;;/h2-5,13H,6-11,16H2,1H3,(H,17,19);2*1H. The van der Waals surface area contributed by atoms with E-state index >= 15 is 0 Å². The molecule has 1 aromatic carbocycles. The Hall–Kier alpha value is -0.970. The number of hydrogen-bond acceptors (Lipinski definition) is 3. The zero-order valence-electron chi connectivity index (χ0n) is 12.4. The summed E-state index contributed by atoms with van der Waals surface area (Å²) in [5.74, 6) is 0.137. The molecule has 1 fully saturated rings. The number of likely N-dealkylation sites (tertiary alicyclic amines) is 1. The highest BCUT2D eigenvalue weighted by molar-refractivity contribution is 5.85. The number of nitrogens with two attached hydrogens (primary N) is 1. The number of rotatable bonds is 4. The molecule has 0 aromatic heterocycles. The van der Waals surface area contributed by atoms with Crippen molar-refractivity contribution in [1.82, 2.24) is 10.2 Å². The van der Waals surface area contributed by atoms with Crippen molar-refractivity contribution >= 4 is 36.4 Å². The second-order valence-corrected chi connectivity index (χ2v) is 5.34. The number of nitrogen functional groups attached to an aromatic ring is 1. The predicted molar refractivity (Wildman–Crippen MR) is 92.3 cm³/mol. The Morgan fingerprint density at radius 3 is 2.52 bits per heavy atom. The zero-order chi connectivity index (χ0) is 13.7. The lowest BCUT2D eigenvalue weighted by Gasteiger charge is -2.29. The molecule has 1 aliphatic heterocycles. The Morgan fingerprint density at radius 1 is 1.29 bits per heavy atom. The fourth-order valence-corrected chi connectivity index (χ4v) is 2.46. The van der Waals surface area contributed by atoms with E-state index in [1.54, 1.807) is 0 Å². The van der Waals surface area contributed by atoms with Gasteiger partial charge in [-0.3, -0.25) is 4.79 Å². The lowest BCUT2D eigenvalue weighted by atomic mass is 10.0. The molecule has 6 heteroatoms. The van der Waals surface area contributed by atoms with Crippen molar-refractivity contribution in [3.63, 3.8) is 0 Å². The van der Waals surface area contributed by atoms with E-state index in [9.17, 15) is 4.79 Å². The van der Waals surface area contributed by atoms with Crippen LogP contribution in [0.25, 0.3) is 0 Å². The number of anilines is 1. The fourth-order valence-electron chi connectivity index (χ4n) is 2.46. The summed E-state index contributed by atoms with van der Waals surface area (Å²) in [4.78, 5) is 14.2. The first kappa shape index (κ1) is 20.0. The molecule has 0 atom stereocenters. The van der Waals surface area contributed by atoms with E-state index in [1.807, 2.05) is 24.3 Å². The number of piperidine rings is 1. The van der Waals surface area contributed by atoms with Crippen molar-refractivity contribution in [3.8, 4) is 0 Å². The van der Waals surface area contributed by atoms with Crippen molar-refractivity contribution in [1.29, 1.82) is 0 Å². The number of carbonyl (C=O) groups is 1. The number of carbonyl (C=O) groups excluding carboxylic acids is 1. The Kier molecular flexibility index (Phi) is 9.42. The maximum atomic E-state index is 11.9. The van der Waals surface area contributed by atoms with E-state index in [-0.39, 0.29) is 30.7 Å². The molecule has 0 bridgehead atoms. The van der Waals surface area contributed by atoms with E-state index in [4.69, 9.17) is 5.73 Å². The third-order valence-electron chi connectivity index (χ3n) is 3.76. The van der Waals surface area contributed by atoms with Gasteiger partial charge >= 0.3 is 0 Å². The van der Waals surface area contributed by atoms with Gasteiger partial charge in [0.1, 0.15) is 0 Å². The highest BCUT2D eigenvalue weighted by atomic mass is 35.5. The van der Waals surface area contributed by atoms with Gasteiger partial charge in [0.05, 0.1) is 0 Å². The van der Waals surface area contributed by atoms with Crippen molar-refractivity contribution < 1.29 is 4.79 Å². The number of aryl methyl sites for hydroxylation is 1. The summed E-state index contributed by atoms with van der Waals surface area (Å²) in [6.45, 7) is 2.13. The minimum absolute atomic E-state index is 0. The quantitative estimate of drug-likeness (QED) is 0.831. The molecule has 1 saturated heterocycles. The van der Waals surface area contributed by atoms with Crippen LogP contribution in [-0.2, 0) is 11.2 Å². The van der Waals surface area contributed by atoms with Gasteiger partial charge in [-0.1, -0.05) is 18.2 Å². The van der Waals surface area contributed by atoms with Gasteiger partial charge in [-0.25, -0.2) is 0 Å². The maximum absolute atomic E-state index is 11.9. The van der Waals surface area contributed by atoms with E-state index in [2.05, 4.69) is 17.3 Å². The first-order valence-electron chi connectivity index (χ1n) is 6.96. The van der Waals surface area contributed by atoms with E-state index in [0.717, 1.165) is 37.2 Å². The molecule has 4 nitrogen and oxygen atoms in total. The summed E-state index contributed by atoms with van der Waals surface area (Å²) in [5.41, 5.74) is 7.70. The first-order valence-corrected chi connectivity index (χ1v) is 6.96. The van der Waals surface area contributed by atoms with Crippen LogP contribution in [0.5, 0.6) is 0 Å². The number of nitrogens with one attached hydrogen (secondary N) is 1. The summed E-state index contributed by atoms with van der Waals surface area (Å²) >= 11 is 0. The number of halogens is 2. The Bertz CT molecular complexity index is 435. The highest BCUT2D eigenvalue weighted by Gasteiger charge is 2.18. The van der Waals surface area contributed by atoms with Gasteiger partial charge < -0.3 is 16.0 Å². The molecule has 0 aliphatic carbocycles. The number of para-hydroxylation sites is 1. The molecule has 1 heterocycles. The minimum Gasteiger partial charge on any atom is -0.399 e. The Morgan fingerprint density at radius 2 is 1.90 bits per heavy atom. The van der Waals surface area contributed by atoms with Gasteiger partial charge in [-0.15, -0.1) is 24.8 Å². The number of amides is 1. The summed E-state index contributed by atoms with van der Waals surface area (Å²) in [7, 11) is 2.12. The third kappa shape index (κ3) is 6.55. The van der Waals surface area contributed by atoms with E-state index < -0.39 is 0 Å². The van der Waals surface area contributed by atoms with Crippen molar-refractivity contribution in [2.75, 3.05) is 25.9 Å². The molecule has 2 rings (SSSR count). The molecular weight excluding hydrogens is 309 g/mol. The molecule has 120 valence electrons. The molecular formula is C15H25Cl2N3O. The average molecular weight is 334 g/mol. The van der Waals surface area contributed by atoms with Crippen LogP contribution in [0.3, 0.4) is 0 Å². The molecule has 3 N–H and O–H groups in total. The second kappa shape index (κ2) is 9.87. The van der Waals surface area contributed by atoms with Crippen molar-refractivity contribution in [2.24, 2.45) is 0 Å². The number of hydrogen-bond donors (Lipinski definition) is 2. The van der Waals surface area contributed by atoms with Crippen LogP contribution in [0.15, 0.2) is 24.3 Å². The fraction of sp³-hybridized carbons (Fsp3) is 0.533. The van der Waals surface area contributed by atoms with Gasteiger partial charge in [-0.2, -0.15) is 0 Å². The van der Waals surface area contributed by atoms with Crippen LogP contribution >= 0.6 is 24.8 Å². The molecule has 1 aromatic rings. The SMILES string of the molecule is CN1CCC(NC(=O)CCc2ccccc2N)CC1.Cl.Cl. The first-order chi connectivity index (χ1) is 9.15. The largest absolute Gasteiger partial charge is 0.399 e. The maximum Gasteiger partial charge on any atom is 0.220 e. The molecule has 1 amide bonds. The predicted octanol–water partition coefficient (Wildman–Crippen LogP) is 2.26. The molecule has 21 heavy (non-hydrogen) atoms. The van der Waals surface area contributed by atoms with Crippen LogP contribution in [0.2, 0.25) is 0 Å². The molecule has 1 aliphatic rings. The molecule has 0 saturated carbocycles. The van der Waals surface area contributed by atoms with Crippen LogP contribution in [0, 0.1) is 0 Å². The van der Waals surface area contributed by atoms with E-state index in [0.29, 0.717) is 18.9 Å².